The molecule has 2 nitrogen and oxygen atoms in total. The molecule has 0 aliphatic heterocycles. The lowest BCUT2D eigenvalue weighted by Crippen LogP contribution is -1.87. The molecule has 0 radical (unpaired) electrons. The van der Waals surface area contributed by atoms with Crippen molar-refractivity contribution in [3.8, 4) is 0 Å². The number of aryl methyl sites for hydroxylation is 1. The number of nitrogens with two attached hydrogens (primary N) is 2. The largest absolute Gasteiger partial charge is 0.399 e. The first kappa shape index (κ1) is 11.3. The van der Waals surface area contributed by atoms with Crippen molar-refractivity contribution >= 4 is 23.5 Å². The van der Waals surface area contributed by atoms with Crippen LogP contribution in [0.4, 0.5) is 11.4 Å². The van der Waals surface area contributed by atoms with Gasteiger partial charge in [0.25, 0.3) is 0 Å². The lowest BCUT2D eigenvalue weighted by atomic mass is 10.1. The Bertz CT molecular complexity index is 539. The van der Waals surface area contributed by atoms with Gasteiger partial charge in [-0.15, -0.1) is 0 Å². The van der Waals surface area contributed by atoms with E-state index in [-0.39, 0.29) is 0 Å². The van der Waals surface area contributed by atoms with Crippen LogP contribution in [0.5, 0.6) is 0 Å². The predicted octanol–water partition coefficient (Wildman–Crippen LogP) is 3.33. The standard InChI is InChI=1S/C15H16N2/c1-11-10-15(17)9-6-13(11)5-2-12-3-7-14(16)8-4-12/h2-10H,16-17H2,1H3/b5-2+. The fourth-order valence-electron chi connectivity index (χ4n) is 1.68. The Morgan fingerprint density at radius 2 is 1.47 bits per heavy atom. The second-order valence-electron chi connectivity index (χ2n) is 4.12. The van der Waals surface area contributed by atoms with Gasteiger partial charge < -0.3 is 11.5 Å². The van der Waals surface area contributed by atoms with Crippen LogP contribution in [0.25, 0.3) is 12.2 Å². The summed E-state index contributed by atoms with van der Waals surface area (Å²) in [6, 6.07) is 13.7. The smallest absolute Gasteiger partial charge is 0.0317 e. The maximum atomic E-state index is 5.71. The molecule has 0 spiro atoms. The van der Waals surface area contributed by atoms with Crippen molar-refractivity contribution < 1.29 is 0 Å². The van der Waals surface area contributed by atoms with Gasteiger partial charge in [-0.05, 0) is 47.9 Å². The van der Waals surface area contributed by atoms with Crippen LogP contribution in [0.2, 0.25) is 0 Å². The monoisotopic (exact) mass is 224 g/mol. The molecule has 0 unspecified atom stereocenters. The molecule has 2 aromatic rings. The van der Waals surface area contributed by atoms with Crippen LogP contribution < -0.4 is 11.5 Å². The summed E-state index contributed by atoms with van der Waals surface area (Å²) in [7, 11) is 0. The normalized spacial score (nSPS) is 10.9. The van der Waals surface area contributed by atoms with E-state index >= 15 is 0 Å². The fraction of sp³-hybridized carbons (Fsp3) is 0.0667. The summed E-state index contributed by atoms with van der Waals surface area (Å²) < 4.78 is 0. The first-order chi connectivity index (χ1) is 8.15. The zero-order chi connectivity index (χ0) is 12.3. The van der Waals surface area contributed by atoms with Gasteiger partial charge >= 0.3 is 0 Å². The Labute approximate surface area is 102 Å². The van der Waals surface area contributed by atoms with Crippen LogP contribution in [-0.4, -0.2) is 0 Å². The highest BCUT2D eigenvalue weighted by atomic mass is 14.5. The Balaban J connectivity index is 2.23. The first-order valence-corrected chi connectivity index (χ1v) is 5.55. The molecule has 0 fully saturated rings. The lowest BCUT2D eigenvalue weighted by Gasteiger charge is -2.01. The van der Waals surface area contributed by atoms with Gasteiger partial charge in [-0.1, -0.05) is 30.4 Å². The van der Waals surface area contributed by atoms with Gasteiger partial charge in [-0.2, -0.15) is 0 Å². The average molecular weight is 224 g/mol. The molecule has 0 amide bonds. The highest BCUT2D eigenvalue weighted by molar-refractivity contribution is 5.72. The minimum absolute atomic E-state index is 0.783. The van der Waals surface area contributed by atoms with Crippen LogP contribution in [0.15, 0.2) is 42.5 Å². The highest BCUT2D eigenvalue weighted by Crippen LogP contribution is 2.16. The molecule has 2 heteroatoms. The molecule has 17 heavy (non-hydrogen) atoms. The van der Waals surface area contributed by atoms with E-state index < -0.39 is 0 Å². The van der Waals surface area contributed by atoms with Gasteiger partial charge in [0.05, 0.1) is 0 Å². The summed E-state index contributed by atoms with van der Waals surface area (Å²) in [5, 5.41) is 0. The van der Waals surface area contributed by atoms with Gasteiger partial charge in [0.1, 0.15) is 0 Å². The summed E-state index contributed by atoms with van der Waals surface area (Å²) in [4.78, 5) is 0. The van der Waals surface area contributed by atoms with E-state index in [1.807, 2.05) is 42.5 Å². The molecule has 86 valence electrons. The van der Waals surface area contributed by atoms with Crippen molar-refractivity contribution in [1.82, 2.24) is 0 Å². The summed E-state index contributed by atoms with van der Waals surface area (Å²) in [6.45, 7) is 2.05. The van der Waals surface area contributed by atoms with Gasteiger partial charge in [0, 0.05) is 11.4 Å². The van der Waals surface area contributed by atoms with E-state index in [1.54, 1.807) is 0 Å². The number of nitrogen functional groups attached to an aromatic ring is 2. The lowest BCUT2D eigenvalue weighted by molar-refractivity contribution is 1.45. The maximum Gasteiger partial charge on any atom is 0.0317 e. The molecule has 2 aromatic carbocycles. The van der Waals surface area contributed by atoms with E-state index in [0.29, 0.717) is 0 Å². The third kappa shape index (κ3) is 2.88. The molecule has 4 N–H and O–H groups in total. The van der Waals surface area contributed by atoms with Gasteiger partial charge in [-0.3, -0.25) is 0 Å². The van der Waals surface area contributed by atoms with E-state index in [1.165, 1.54) is 11.1 Å². The van der Waals surface area contributed by atoms with Crippen molar-refractivity contribution in [3.05, 3.63) is 59.2 Å². The third-order valence-electron chi connectivity index (χ3n) is 2.69. The summed E-state index contributed by atoms with van der Waals surface area (Å²) in [5.41, 5.74) is 16.4. The number of hydrogen-bond donors (Lipinski definition) is 2. The van der Waals surface area contributed by atoms with Crippen LogP contribution >= 0.6 is 0 Å². The van der Waals surface area contributed by atoms with Crippen molar-refractivity contribution in [2.45, 2.75) is 6.92 Å². The van der Waals surface area contributed by atoms with Crippen molar-refractivity contribution in [3.63, 3.8) is 0 Å². The summed E-state index contributed by atoms with van der Waals surface area (Å²) in [6.07, 6.45) is 4.15. The van der Waals surface area contributed by atoms with Crippen LogP contribution in [0.1, 0.15) is 16.7 Å². The first-order valence-electron chi connectivity index (χ1n) is 5.55. The van der Waals surface area contributed by atoms with Gasteiger partial charge in [-0.25, -0.2) is 0 Å². The molecule has 0 saturated carbocycles. The second kappa shape index (κ2) is 4.74. The van der Waals surface area contributed by atoms with Crippen LogP contribution in [0, 0.1) is 6.92 Å². The van der Waals surface area contributed by atoms with Crippen molar-refractivity contribution in [1.29, 1.82) is 0 Å². The van der Waals surface area contributed by atoms with Crippen molar-refractivity contribution in [2.75, 3.05) is 11.5 Å². The molecule has 0 aliphatic carbocycles. The van der Waals surface area contributed by atoms with Gasteiger partial charge in [0.15, 0.2) is 0 Å². The number of hydrogen-bond acceptors (Lipinski definition) is 2. The summed E-state index contributed by atoms with van der Waals surface area (Å²) >= 11 is 0. The van der Waals surface area contributed by atoms with E-state index in [9.17, 15) is 0 Å². The zero-order valence-corrected chi connectivity index (χ0v) is 9.85. The Morgan fingerprint density at radius 1 is 0.824 bits per heavy atom. The topological polar surface area (TPSA) is 52.0 Å². The molecular formula is C15H16N2. The molecule has 0 aliphatic rings. The van der Waals surface area contributed by atoms with E-state index in [0.717, 1.165) is 16.9 Å². The number of benzene rings is 2. The Hall–Kier alpha value is -2.22. The molecule has 0 heterocycles. The minimum atomic E-state index is 0.783. The molecular weight excluding hydrogens is 208 g/mol. The van der Waals surface area contributed by atoms with E-state index in [4.69, 9.17) is 11.5 Å². The van der Waals surface area contributed by atoms with Crippen LogP contribution in [-0.2, 0) is 0 Å². The maximum absolute atomic E-state index is 5.71. The summed E-state index contributed by atoms with van der Waals surface area (Å²) in [5.74, 6) is 0. The minimum Gasteiger partial charge on any atom is -0.399 e. The van der Waals surface area contributed by atoms with Crippen LogP contribution in [0.3, 0.4) is 0 Å². The SMILES string of the molecule is Cc1cc(N)ccc1/C=C/c1ccc(N)cc1. The number of rotatable bonds is 2. The third-order valence-corrected chi connectivity index (χ3v) is 2.69. The molecule has 2 rings (SSSR count). The molecule has 0 saturated heterocycles. The Morgan fingerprint density at radius 3 is 2.12 bits per heavy atom. The zero-order valence-electron chi connectivity index (χ0n) is 9.85. The van der Waals surface area contributed by atoms with Crippen molar-refractivity contribution in [2.24, 2.45) is 0 Å². The highest BCUT2D eigenvalue weighted by Gasteiger charge is 1.94. The Kier molecular flexibility index (Phi) is 3.15. The predicted molar refractivity (Wildman–Crippen MR) is 75.4 cm³/mol. The molecule has 0 bridgehead atoms. The molecule has 0 aromatic heterocycles. The fourth-order valence-corrected chi connectivity index (χ4v) is 1.68. The van der Waals surface area contributed by atoms with E-state index in [2.05, 4.69) is 19.1 Å². The quantitative estimate of drug-likeness (QED) is 0.607. The second-order valence-corrected chi connectivity index (χ2v) is 4.12. The average Bonchev–Trinajstić information content (AvgIpc) is 2.30. The molecule has 0 atom stereocenters. The number of anilines is 2. The van der Waals surface area contributed by atoms with Gasteiger partial charge in [0.2, 0.25) is 0 Å².